The molecule has 1 aromatic carbocycles. The van der Waals surface area contributed by atoms with Gasteiger partial charge in [0.2, 0.25) is 0 Å². The maximum absolute atomic E-state index is 5.10. The van der Waals surface area contributed by atoms with Gasteiger partial charge in [-0.3, -0.25) is 4.98 Å². The lowest BCUT2D eigenvalue weighted by atomic mass is 10.1. The van der Waals surface area contributed by atoms with Crippen LogP contribution in [0, 0.1) is 0 Å². The Balaban J connectivity index is 0.00000364. The summed E-state index contributed by atoms with van der Waals surface area (Å²) < 4.78 is 5.10. The Morgan fingerprint density at radius 1 is 1.19 bits per heavy atom. The first-order valence-electron chi connectivity index (χ1n) is 9.27. The molecule has 0 amide bonds. The predicted octanol–water partition coefficient (Wildman–Crippen LogP) is 2.88. The summed E-state index contributed by atoms with van der Waals surface area (Å²) >= 11 is 0. The number of guanidine groups is 1. The summed E-state index contributed by atoms with van der Waals surface area (Å²) in [6, 6.07) is 10.2. The van der Waals surface area contributed by atoms with Crippen LogP contribution in [-0.2, 0) is 11.3 Å². The van der Waals surface area contributed by atoms with Gasteiger partial charge in [-0.15, -0.1) is 24.0 Å². The Bertz CT molecular complexity index is 690. The van der Waals surface area contributed by atoms with Crippen LogP contribution in [-0.4, -0.2) is 62.8 Å². The number of nitrogens with zero attached hydrogens (tertiary/aromatic N) is 3. The van der Waals surface area contributed by atoms with E-state index in [1.54, 1.807) is 7.11 Å². The van der Waals surface area contributed by atoms with Crippen molar-refractivity contribution in [2.24, 2.45) is 4.99 Å². The number of benzene rings is 1. The molecule has 2 rings (SSSR count). The molecule has 27 heavy (non-hydrogen) atoms. The third kappa shape index (κ3) is 8.40. The second-order valence-corrected chi connectivity index (χ2v) is 6.26. The Labute approximate surface area is 179 Å². The second-order valence-electron chi connectivity index (χ2n) is 6.26. The fourth-order valence-electron chi connectivity index (χ4n) is 2.75. The number of aliphatic imine (C=N–C) groups is 1. The highest BCUT2D eigenvalue weighted by Crippen LogP contribution is 2.16. The van der Waals surface area contributed by atoms with E-state index >= 15 is 0 Å². The molecule has 0 atom stereocenters. The first-order chi connectivity index (χ1) is 12.7. The zero-order valence-corrected chi connectivity index (χ0v) is 18.9. The highest BCUT2D eigenvalue weighted by Gasteiger charge is 2.03. The van der Waals surface area contributed by atoms with E-state index in [1.165, 1.54) is 5.56 Å². The van der Waals surface area contributed by atoms with Crippen LogP contribution < -0.4 is 10.6 Å². The van der Waals surface area contributed by atoms with Gasteiger partial charge in [-0.2, -0.15) is 0 Å². The van der Waals surface area contributed by atoms with E-state index in [2.05, 4.69) is 40.6 Å². The van der Waals surface area contributed by atoms with Crippen LogP contribution in [0.15, 0.2) is 41.5 Å². The lowest BCUT2D eigenvalue weighted by Gasteiger charge is -2.18. The minimum Gasteiger partial charge on any atom is -0.385 e. The van der Waals surface area contributed by atoms with Crippen molar-refractivity contribution in [2.45, 2.75) is 19.9 Å². The van der Waals surface area contributed by atoms with Gasteiger partial charge >= 0.3 is 0 Å². The molecule has 2 N–H and O–H groups in total. The Kier molecular flexibility index (Phi) is 12.0. The summed E-state index contributed by atoms with van der Waals surface area (Å²) in [7, 11) is 3.87. The van der Waals surface area contributed by atoms with Crippen LogP contribution in [0.4, 0.5) is 0 Å². The minimum absolute atomic E-state index is 0. The topological polar surface area (TPSA) is 61.8 Å². The predicted molar refractivity (Wildman–Crippen MR) is 124 cm³/mol. The number of fused-ring (bicyclic) bond motifs is 1. The van der Waals surface area contributed by atoms with Crippen molar-refractivity contribution in [2.75, 3.05) is 46.9 Å². The number of hydrogen-bond donors (Lipinski definition) is 2. The lowest BCUT2D eigenvalue weighted by Crippen LogP contribution is -2.41. The van der Waals surface area contributed by atoms with Crippen molar-refractivity contribution in [3.05, 3.63) is 42.1 Å². The highest BCUT2D eigenvalue weighted by molar-refractivity contribution is 14.0. The van der Waals surface area contributed by atoms with Crippen molar-refractivity contribution in [3.63, 3.8) is 0 Å². The summed E-state index contributed by atoms with van der Waals surface area (Å²) in [5.74, 6) is 0.846. The summed E-state index contributed by atoms with van der Waals surface area (Å²) in [4.78, 5) is 11.4. The highest BCUT2D eigenvalue weighted by atomic mass is 127. The Morgan fingerprint density at radius 2 is 2.00 bits per heavy atom. The van der Waals surface area contributed by atoms with Gasteiger partial charge < -0.3 is 20.3 Å². The number of para-hydroxylation sites is 1. The van der Waals surface area contributed by atoms with Gasteiger partial charge in [-0.1, -0.05) is 18.2 Å². The standard InChI is InChI=1S/C20H31N5O.HI/c1-4-21-20(23-12-14-25(2)13-7-15-26-3)24-16-17-10-11-22-19-9-6-5-8-18(17)19;/h5-6,8-11H,4,7,12-16H2,1-3H3,(H2,21,23,24);1H. The van der Waals surface area contributed by atoms with Crippen LogP contribution in [0.5, 0.6) is 0 Å². The molecule has 2 aromatic rings. The number of methoxy groups -OCH3 is 1. The average Bonchev–Trinajstić information content (AvgIpc) is 2.66. The smallest absolute Gasteiger partial charge is 0.191 e. The maximum atomic E-state index is 5.10. The van der Waals surface area contributed by atoms with E-state index in [-0.39, 0.29) is 24.0 Å². The van der Waals surface area contributed by atoms with Crippen molar-refractivity contribution < 1.29 is 4.74 Å². The number of ether oxygens (including phenoxy) is 1. The first-order valence-corrected chi connectivity index (χ1v) is 9.27. The zero-order chi connectivity index (χ0) is 18.6. The van der Waals surface area contributed by atoms with Crippen LogP contribution in [0.1, 0.15) is 18.9 Å². The number of hydrogen-bond acceptors (Lipinski definition) is 4. The molecule has 0 bridgehead atoms. The molecule has 0 radical (unpaired) electrons. The van der Waals surface area contributed by atoms with E-state index in [0.29, 0.717) is 6.54 Å². The van der Waals surface area contributed by atoms with Gasteiger partial charge in [0.15, 0.2) is 5.96 Å². The number of halogens is 1. The van der Waals surface area contributed by atoms with Crippen molar-refractivity contribution in [1.29, 1.82) is 0 Å². The SMILES string of the molecule is CCNC(=NCc1ccnc2ccccc12)NCCN(C)CCCOC.I. The minimum atomic E-state index is 0. The van der Waals surface area contributed by atoms with Crippen LogP contribution >= 0.6 is 24.0 Å². The van der Waals surface area contributed by atoms with Gasteiger partial charge in [0.1, 0.15) is 0 Å². The molecule has 6 nitrogen and oxygen atoms in total. The molecule has 0 aliphatic carbocycles. The molecule has 150 valence electrons. The lowest BCUT2D eigenvalue weighted by molar-refractivity contribution is 0.180. The van der Waals surface area contributed by atoms with Gasteiger partial charge in [0.05, 0.1) is 12.1 Å². The molecular formula is C20H32IN5O. The molecule has 0 saturated carbocycles. The first kappa shape index (κ1) is 23.6. The summed E-state index contributed by atoms with van der Waals surface area (Å²) in [6.45, 7) is 7.21. The van der Waals surface area contributed by atoms with E-state index in [9.17, 15) is 0 Å². The number of likely N-dealkylation sites (N-methyl/N-ethyl adjacent to an activating group) is 1. The van der Waals surface area contributed by atoms with Crippen LogP contribution in [0.3, 0.4) is 0 Å². The number of aromatic nitrogens is 1. The van der Waals surface area contributed by atoms with Crippen LogP contribution in [0.25, 0.3) is 10.9 Å². The fraction of sp³-hybridized carbons (Fsp3) is 0.500. The monoisotopic (exact) mass is 485 g/mol. The molecule has 7 heteroatoms. The molecule has 0 unspecified atom stereocenters. The molecule has 0 aliphatic rings. The number of nitrogens with one attached hydrogen (secondary N) is 2. The van der Waals surface area contributed by atoms with Crippen LogP contribution in [0.2, 0.25) is 0 Å². The molecule has 0 spiro atoms. The van der Waals surface area contributed by atoms with Gasteiger partial charge in [-0.25, -0.2) is 4.99 Å². The number of pyridine rings is 1. The Hall–Kier alpha value is -1.45. The van der Waals surface area contributed by atoms with E-state index in [4.69, 9.17) is 9.73 Å². The molecule has 0 saturated heterocycles. The third-order valence-electron chi connectivity index (χ3n) is 4.17. The van der Waals surface area contributed by atoms with E-state index in [1.807, 2.05) is 30.5 Å². The third-order valence-corrected chi connectivity index (χ3v) is 4.17. The molecule has 1 aromatic heterocycles. The fourth-order valence-corrected chi connectivity index (χ4v) is 2.75. The summed E-state index contributed by atoms with van der Waals surface area (Å²) in [5, 5.41) is 7.88. The van der Waals surface area contributed by atoms with Gasteiger partial charge in [-0.05, 0) is 38.1 Å². The normalized spacial score (nSPS) is 11.5. The largest absolute Gasteiger partial charge is 0.385 e. The van der Waals surface area contributed by atoms with Crippen molar-refractivity contribution >= 4 is 40.8 Å². The maximum Gasteiger partial charge on any atom is 0.191 e. The zero-order valence-electron chi connectivity index (χ0n) is 16.6. The molecule has 1 heterocycles. The van der Waals surface area contributed by atoms with Gasteiger partial charge in [0.25, 0.3) is 0 Å². The summed E-state index contributed by atoms with van der Waals surface area (Å²) in [6.07, 6.45) is 2.90. The number of rotatable bonds is 10. The van der Waals surface area contributed by atoms with Crippen molar-refractivity contribution in [3.8, 4) is 0 Å². The van der Waals surface area contributed by atoms with Gasteiger partial charge in [0, 0.05) is 51.5 Å². The quantitative estimate of drug-likeness (QED) is 0.235. The average molecular weight is 485 g/mol. The summed E-state index contributed by atoms with van der Waals surface area (Å²) in [5.41, 5.74) is 2.19. The van der Waals surface area contributed by atoms with E-state index < -0.39 is 0 Å². The molecule has 0 fully saturated rings. The Morgan fingerprint density at radius 3 is 2.78 bits per heavy atom. The second kappa shape index (κ2) is 13.7. The molecule has 0 aliphatic heterocycles. The molecular weight excluding hydrogens is 453 g/mol. The van der Waals surface area contributed by atoms with Crippen molar-refractivity contribution in [1.82, 2.24) is 20.5 Å². The van der Waals surface area contributed by atoms with E-state index in [0.717, 1.165) is 56.1 Å².